The molecule has 0 radical (unpaired) electrons. The van der Waals surface area contributed by atoms with E-state index in [-0.39, 0.29) is 24.3 Å². The first-order chi connectivity index (χ1) is 12.1. The number of amides is 2. The van der Waals surface area contributed by atoms with Crippen LogP contribution in [0.25, 0.3) is 0 Å². The average Bonchev–Trinajstić information content (AvgIpc) is 3.46. The van der Waals surface area contributed by atoms with Crippen LogP contribution in [0.3, 0.4) is 0 Å². The number of rotatable bonds is 6. The quantitative estimate of drug-likeness (QED) is 0.849. The first kappa shape index (κ1) is 16.5. The minimum atomic E-state index is -0.308. The van der Waals surface area contributed by atoms with Crippen LogP contribution >= 0.6 is 0 Å². The molecule has 2 amide bonds. The third-order valence-corrected chi connectivity index (χ3v) is 3.72. The summed E-state index contributed by atoms with van der Waals surface area (Å²) in [7, 11) is 0. The van der Waals surface area contributed by atoms with Crippen molar-refractivity contribution in [2.24, 2.45) is 5.92 Å². The molecule has 0 heterocycles. The normalized spacial score (nSPS) is 12.8. The molecule has 6 nitrogen and oxygen atoms in total. The highest BCUT2D eigenvalue weighted by Crippen LogP contribution is 2.30. The third-order valence-electron chi connectivity index (χ3n) is 3.72. The molecule has 1 saturated carbocycles. The molecule has 126 valence electrons. The van der Waals surface area contributed by atoms with E-state index in [1.165, 1.54) is 0 Å². The predicted molar refractivity (Wildman–Crippen MR) is 93.1 cm³/mol. The Kier molecular flexibility index (Phi) is 4.95. The predicted octanol–water partition coefficient (Wildman–Crippen LogP) is 2.92. The maximum atomic E-state index is 11.9. The van der Waals surface area contributed by atoms with E-state index in [2.05, 4.69) is 10.6 Å². The van der Waals surface area contributed by atoms with Gasteiger partial charge in [-0.05, 0) is 49.2 Å². The van der Waals surface area contributed by atoms with Crippen molar-refractivity contribution in [2.75, 3.05) is 17.2 Å². The van der Waals surface area contributed by atoms with Gasteiger partial charge < -0.3 is 15.4 Å². The van der Waals surface area contributed by atoms with E-state index in [0.717, 1.165) is 12.8 Å². The molecule has 2 aromatic carbocycles. The van der Waals surface area contributed by atoms with Crippen LogP contribution in [0.5, 0.6) is 5.75 Å². The lowest BCUT2D eigenvalue weighted by molar-refractivity contribution is -0.118. The number of carbonyl (C=O) groups is 2. The topological polar surface area (TPSA) is 91.2 Å². The molecular weight excluding hydrogens is 318 g/mol. The Morgan fingerprint density at radius 2 is 1.84 bits per heavy atom. The van der Waals surface area contributed by atoms with Gasteiger partial charge >= 0.3 is 0 Å². The number of benzene rings is 2. The van der Waals surface area contributed by atoms with Crippen LogP contribution in [0.15, 0.2) is 48.5 Å². The second-order valence-electron chi connectivity index (χ2n) is 5.82. The Labute approximate surface area is 145 Å². The molecule has 0 aromatic heterocycles. The zero-order valence-corrected chi connectivity index (χ0v) is 13.5. The second-order valence-corrected chi connectivity index (χ2v) is 5.82. The summed E-state index contributed by atoms with van der Waals surface area (Å²) in [5.41, 5.74) is 1.78. The number of nitrogens with zero attached hydrogens (tertiary/aromatic N) is 1. The average molecular weight is 335 g/mol. The van der Waals surface area contributed by atoms with E-state index in [4.69, 9.17) is 10.00 Å². The summed E-state index contributed by atoms with van der Waals surface area (Å²) < 4.78 is 5.47. The van der Waals surface area contributed by atoms with Gasteiger partial charge in [-0.15, -0.1) is 0 Å². The molecule has 1 fully saturated rings. The van der Waals surface area contributed by atoms with Gasteiger partial charge in [-0.2, -0.15) is 5.26 Å². The minimum absolute atomic E-state index is 0.0238. The van der Waals surface area contributed by atoms with Crippen molar-refractivity contribution in [2.45, 2.75) is 12.8 Å². The fourth-order valence-electron chi connectivity index (χ4n) is 2.23. The van der Waals surface area contributed by atoms with Gasteiger partial charge in [0.15, 0.2) is 6.61 Å². The molecule has 0 spiro atoms. The van der Waals surface area contributed by atoms with Crippen LogP contribution in [-0.4, -0.2) is 18.4 Å². The Morgan fingerprint density at radius 3 is 2.52 bits per heavy atom. The number of hydrogen-bond acceptors (Lipinski definition) is 4. The monoisotopic (exact) mass is 335 g/mol. The summed E-state index contributed by atoms with van der Waals surface area (Å²) in [6, 6.07) is 15.5. The fraction of sp³-hybridized carbons (Fsp3) is 0.211. The molecule has 2 N–H and O–H groups in total. The molecule has 1 aliphatic carbocycles. The zero-order valence-electron chi connectivity index (χ0n) is 13.5. The van der Waals surface area contributed by atoms with Crippen molar-refractivity contribution >= 4 is 23.2 Å². The summed E-state index contributed by atoms with van der Waals surface area (Å²) in [4.78, 5) is 23.7. The highest BCUT2D eigenvalue weighted by molar-refractivity contribution is 5.94. The Morgan fingerprint density at radius 1 is 1.08 bits per heavy atom. The Bertz CT molecular complexity index is 821. The van der Waals surface area contributed by atoms with Crippen molar-refractivity contribution in [3.63, 3.8) is 0 Å². The number of hydrogen-bond donors (Lipinski definition) is 2. The third kappa shape index (κ3) is 4.82. The molecule has 0 atom stereocenters. The van der Waals surface area contributed by atoms with E-state index in [0.29, 0.717) is 22.7 Å². The van der Waals surface area contributed by atoms with Crippen molar-refractivity contribution in [3.05, 3.63) is 54.1 Å². The van der Waals surface area contributed by atoms with E-state index in [1.807, 2.05) is 6.07 Å². The van der Waals surface area contributed by atoms with Gasteiger partial charge in [0, 0.05) is 23.4 Å². The fourth-order valence-corrected chi connectivity index (χ4v) is 2.23. The van der Waals surface area contributed by atoms with Crippen LogP contribution in [-0.2, 0) is 9.59 Å². The smallest absolute Gasteiger partial charge is 0.262 e. The largest absolute Gasteiger partial charge is 0.484 e. The lowest BCUT2D eigenvalue weighted by Gasteiger charge is -2.09. The van der Waals surface area contributed by atoms with Gasteiger partial charge in [0.05, 0.1) is 11.6 Å². The lowest BCUT2D eigenvalue weighted by Crippen LogP contribution is -2.20. The van der Waals surface area contributed by atoms with E-state index in [9.17, 15) is 9.59 Å². The molecular formula is C19H17N3O3. The van der Waals surface area contributed by atoms with Gasteiger partial charge in [-0.1, -0.05) is 6.07 Å². The molecule has 25 heavy (non-hydrogen) atoms. The molecule has 0 aliphatic heterocycles. The van der Waals surface area contributed by atoms with Crippen molar-refractivity contribution in [3.8, 4) is 11.8 Å². The summed E-state index contributed by atoms with van der Waals surface area (Å²) in [5, 5.41) is 14.3. The van der Waals surface area contributed by atoms with E-state index < -0.39 is 0 Å². The van der Waals surface area contributed by atoms with Crippen LogP contribution in [0.1, 0.15) is 18.4 Å². The molecule has 1 aliphatic rings. The van der Waals surface area contributed by atoms with Crippen molar-refractivity contribution in [1.82, 2.24) is 0 Å². The van der Waals surface area contributed by atoms with Gasteiger partial charge in [0.1, 0.15) is 5.75 Å². The van der Waals surface area contributed by atoms with Crippen LogP contribution < -0.4 is 15.4 Å². The Hall–Kier alpha value is -3.33. The number of ether oxygens (including phenoxy) is 1. The zero-order chi connectivity index (χ0) is 17.6. The molecule has 2 aromatic rings. The lowest BCUT2D eigenvalue weighted by atomic mass is 10.2. The number of carbonyl (C=O) groups excluding carboxylic acids is 2. The molecule has 0 bridgehead atoms. The molecule has 0 saturated heterocycles. The van der Waals surface area contributed by atoms with Gasteiger partial charge in [0.25, 0.3) is 5.91 Å². The maximum Gasteiger partial charge on any atom is 0.262 e. The SMILES string of the molecule is N#Cc1ccc(NC(=O)COc2cccc(NC(=O)C3CC3)c2)cc1. The summed E-state index contributed by atoms with van der Waals surface area (Å²) >= 11 is 0. The minimum Gasteiger partial charge on any atom is -0.484 e. The van der Waals surface area contributed by atoms with E-state index >= 15 is 0 Å². The van der Waals surface area contributed by atoms with Gasteiger partial charge in [0.2, 0.25) is 5.91 Å². The number of anilines is 2. The number of nitrogens with one attached hydrogen (secondary N) is 2. The van der Waals surface area contributed by atoms with Crippen molar-refractivity contribution < 1.29 is 14.3 Å². The first-order valence-electron chi connectivity index (χ1n) is 7.98. The second kappa shape index (κ2) is 7.49. The van der Waals surface area contributed by atoms with Crippen LogP contribution in [0.2, 0.25) is 0 Å². The molecule has 0 unspecified atom stereocenters. The molecule has 3 rings (SSSR count). The van der Waals surface area contributed by atoms with Crippen LogP contribution in [0, 0.1) is 17.2 Å². The number of nitriles is 1. The van der Waals surface area contributed by atoms with Gasteiger partial charge in [-0.3, -0.25) is 9.59 Å². The Balaban J connectivity index is 1.51. The van der Waals surface area contributed by atoms with Crippen LogP contribution in [0.4, 0.5) is 11.4 Å². The summed E-state index contributed by atoms with van der Waals surface area (Å²) in [6.07, 6.45) is 1.88. The standard InChI is InChI=1S/C19H17N3O3/c20-11-13-4-8-15(9-5-13)21-18(23)12-25-17-3-1-2-16(10-17)22-19(24)14-6-7-14/h1-5,8-10,14H,6-7,12H2,(H,21,23)(H,22,24). The summed E-state index contributed by atoms with van der Waals surface area (Å²) in [6.45, 7) is -0.153. The van der Waals surface area contributed by atoms with Crippen molar-refractivity contribution in [1.29, 1.82) is 5.26 Å². The van der Waals surface area contributed by atoms with Gasteiger partial charge in [-0.25, -0.2) is 0 Å². The highest BCUT2D eigenvalue weighted by Gasteiger charge is 2.29. The first-order valence-corrected chi connectivity index (χ1v) is 7.98. The summed E-state index contributed by atoms with van der Waals surface area (Å²) in [5.74, 6) is 0.346. The highest BCUT2D eigenvalue weighted by atomic mass is 16.5. The molecule has 6 heteroatoms. The maximum absolute atomic E-state index is 11.9. The van der Waals surface area contributed by atoms with E-state index in [1.54, 1.807) is 48.5 Å².